The van der Waals surface area contributed by atoms with Gasteiger partial charge in [-0.1, -0.05) is 23.2 Å². The Morgan fingerprint density at radius 1 is 1.30 bits per heavy atom. The molecule has 0 aliphatic heterocycles. The van der Waals surface area contributed by atoms with Crippen molar-refractivity contribution in [3.63, 3.8) is 0 Å². The number of benzene rings is 1. The van der Waals surface area contributed by atoms with Crippen molar-refractivity contribution < 1.29 is 31.5 Å². The van der Waals surface area contributed by atoms with Crippen LogP contribution in [-0.4, -0.2) is 32.2 Å². The first kappa shape index (κ1) is 17.0. The first-order valence-electron chi connectivity index (χ1n) is 4.73. The lowest BCUT2D eigenvalue weighted by atomic mass is 10.2. The number of sulfonamides is 1. The van der Waals surface area contributed by atoms with Gasteiger partial charge in [0.1, 0.15) is 11.4 Å². The Hall–Kier alpha value is -1.03. The Morgan fingerprint density at radius 3 is 2.30 bits per heavy atom. The van der Waals surface area contributed by atoms with Gasteiger partial charge in [-0.25, -0.2) is 17.9 Å². The van der Waals surface area contributed by atoms with E-state index in [1.165, 1.54) is 4.72 Å². The molecule has 0 saturated heterocycles. The van der Waals surface area contributed by atoms with Crippen molar-refractivity contribution in [2.24, 2.45) is 0 Å². The van der Waals surface area contributed by atoms with Gasteiger partial charge < -0.3 is 5.11 Å². The molecule has 0 unspecified atom stereocenters. The summed E-state index contributed by atoms with van der Waals surface area (Å²) in [5.41, 5.74) is -0.633. The van der Waals surface area contributed by atoms with Crippen molar-refractivity contribution in [1.29, 1.82) is 0 Å². The highest BCUT2D eigenvalue weighted by atomic mass is 35.5. The highest BCUT2D eigenvalue weighted by Crippen LogP contribution is 2.29. The average molecular weight is 352 g/mol. The van der Waals surface area contributed by atoms with E-state index in [2.05, 4.69) is 0 Å². The second-order valence-electron chi connectivity index (χ2n) is 3.51. The summed E-state index contributed by atoms with van der Waals surface area (Å²) in [4.78, 5) is 9.99. The molecule has 20 heavy (non-hydrogen) atoms. The number of rotatable bonds is 4. The van der Waals surface area contributed by atoms with Gasteiger partial charge in [-0.05, 0) is 12.1 Å². The van der Waals surface area contributed by atoms with Gasteiger partial charge in [0, 0.05) is 5.02 Å². The zero-order valence-corrected chi connectivity index (χ0v) is 11.7. The second kappa shape index (κ2) is 5.76. The maximum Gasteiger partial charge on any atom is 0.402 e. The molecule has 0 aliphatic carbocycles. The van der Waals surface area contributed by atoms with E-state index in [1.54, 1.807) is 0 Å². The Bertz CT molecular complexity index is 645. The van der Waals surface area contributed by atoms with Crippen LogP contribution in [0.2, 0.25) is 10.0 Å². The highest BCUT2D eigenvalue weighted by molar-refractivity contribution is 7.89. The van der Waals surface area contributed by atoms with Crippen LogP contribution in [0.3, 0.4) is 0 Å². The van der Waals surface area contributed by atoms with E-state index in [9.17, 15) is 26.4 Å². The Kier molecular flexibility index (Phi) is 4.90. The van der Waals surface area contributed by atoms with Crippen LogP contribution in [0.4, 0.5) is 13.2 Å². The summed E-state index contributed by atoms with van der Waals surface area (Å²) < 4.78 is 60.6. The molecule has 0 radical (unpaired) electrons. The largest absolute Gasteiger partial charge is 0.478 e. The minimum absolute atomic E-state index is 0.292. The minimum Gasteiger partial charge on any atom is -0.478 e. The van der Waals surface area contributed by atoms with Crippen molar-refractivity contribution in [2.45, 2.75) is 11.1 Å². The number of aromatic carboxylic acids is 1. The lowest BCUT2D eigenvalue weighted by Gasteiger charge is -2.12. The molecule has 0 spiro atoms. The predicted molar refractivity (Wildman–Crippen MR) is 64.7 cm³/mol. The molecule has 0 aromatic heterocycles. The standard InChI is InChI=1S/C9H6Cl2F3NO4S/c10-4-1-5(8(16)17)7(11)6(2-4)20(18,19)15-3-9(12,13)14/h1-2,15H,3H2,(H,16,17). The third kappa shape index (κ3) is 4.23. The number of carbonyl (C=O) groups is 1. The molecule has 2 N–H and O–H groups in total. The van der Waals surface area contributed by atoms with E-state index >= 15 is 0 Å². The van der Waals surface area contributed by atoms with Gasteiger partial charge in [0.2, 0.25) is 10.0 Å². The SMILES string of the molecule is O=C(O)c1cc(Cl)cc(S(=O)(=O)NCC(F)(F)F)c1Cl. The fraction of sp³-hybridized carbons (Fsp3) is 0.222. The maximum absolute atomic E-state index is 12.0. The normalized spacial score (nSPS) is 12.4. The number of carboxylic acid groups (broad SMARTS) is 1. The van der Waals surface area contributed by atoms with Crippen LogP contribution in [-0.2, 0) is 10.0 Å². The van der Waals surface area contributed by atoms with E-state index in [0.717, 1.165) is 12.1 Å². The molecule has 1 aromatic carbocycles. The molecule has 112 valence electrons. The Balaban J connectivity index is 3.29. The molecule has 0 atom stereocenters. The van der Waals surface area contributed by atoms with Crippen LogP contribution in [0.25, 0.3) is 0 Å². The Labute approximate surface area is 121 Å². The zero-order chi connectivity index (χ0) is 15.7. The average Bonchev–Trinajstić information content (AvgIpc) is 2.28. The topological polar surface area (TPSA) is 83.5 Å². The van der Waals surface area contributed by atoms with Gasteiger partial charge in [-0.3, -0.25) is 0 Å². The number of hydrogen-bond acceptors (Lipinski definition) is 3. The summed E-state index contributed by atoms with van der Waals surface area (Å²) in [5, 5.41) is 7.78. The number of hydrogen-bond donors (Lipinski definition) is 2. The monoisotopic (exact) mass is 351 g/mol. The van der Waals surface area contributed by atoms with Crippen LogP contribution < -0.4 is 4.72 Å². The molecule has 1 aromatic rings. The fourth-order valence-corrected chi connectivity index (χ4v) is 3.08. The smallest absolute Gasteiger partial charge is 0.402 e. The van der Waals surface area contributed by atoms with Gasteiger partial charge in [0.15, 0.2) is 0 Å². The number of halogens is 5. The summed E-state index contributed by atoms with van der Waals surface area (Å²) in [7, 11) is -4.65. The molecule has 0 fully saturated rings. The number of carboxylic acids is 1. The third-order valence-electron chi connectivity index (χ3n) is 1.99. The van der Waals surface area contributed by atoms with E-state index in [4.69, 9.17) is 28.3 Å². The van der Waals surface area contributed by atoms with Crippen molar-refractivity contribution in [3.8, 4) is 0 Å². The maximum atomic E-state index is 12.0. The molecule has 0 amide bonds. The van der Waals surface area contributed by atoms with Gasteiger partial charge in [0.05, 0.1) is 10.6 Å². The molecule has 0 aliphatic rings. The summed E-state index contributed by atoms with van der Waals surface area (Å²) >= 11 is 11.1. The molecular formula is C9H6Cl2F3NO4S. The molecule has 0 bridgehead atoms. The minimum atomic E-state index is -4.77. The van der Waals surface area contributed by atoms with Crippen LogP contribution in [0, 0.1) is 0 Å². The van der Waals surface area contributed by atoms with E-state index in [-0.39, 0.29) is 5.02 Å². The van der Waals surface area contributed by atoms with E-state index < -0.39 is 44.2 Å². The first-order valence-corrected chi connectivity index (χ1v) is 6.97. The van der Waals surface area contributed by atoms with Gasteiger partial charge in [0.25, 0.3) is 0 Å². The first-order chi connectivity index (χ1) is 8.94. The molecule has 1 rings (SSSR count). The summed E-state index contributed by atoms with van der Waals surface area (Å²) in [5.74, 6) is -1.57. The molecule has 11 heteroatoms. The van der Waals surface area contributed by atoms with Crippen molar-refractivity contribution in [2.75, 3.05) is 6.54 Å². The molecule has 0 saturated carbocycles. The third-order valence-corrected chi connectivity index (χ3v) is 4.15. The zero-order valence-electron chi connectivity index (χ0n) is 9.33. The van der Waals surface area contributed by atoms with Crippen molar-refractivity contribution in [1.82, 2.24) is 4.72 Å². The van der Waals surface area contributed by atoms with Gasteiger partial charge in [-0.15, -0.1) is 0 Å². The number of alkyl halides is 3. The molecular weight excluding hydrogens is 346 g/mol. The van der Waals surface area contributed by atoms with Crippen LogP contribution >= 0.6 is 23.2 Å². The van der Waals surface area contributed by atoms with Crippen molar-refractivity contribution >= 4 is 39.2 Å². The summed E-state index contributed by atoms with van der Waals surface area (Å²) in [6.07, 6.45) is -4.77. The van der Waals surface area contributed by atoms with Crippen LogP contribution in [0.15, 0.2) is 17.0 Å². The van der Waals surface area contributed by atoms with E-state index in [0.29, 0.717) is 0 Å². The quantitative estimate of drug-likeness (QED) is 0.872. The molecule has 5 nitrogen and oxygen atoms in total. The lowest BCUT2D eigenvalue weighted by molar-refractivity contribution is -0.121. The summed E-state index contributed by atoms with van der Waals surface area (Å²) in [6.45, 7) is -1.82. The van der Waals surface area contributed by atoms with Crippen LogP contribution in [0.5, 0.6) is 0 Å². The van der Waals surface area contributed by atoms with Crippen LogP contribution in [0.1, 0.15) is 10.4 Å². The van der Waals surface area contributed by atoms with Crippen molar-refractivity contribution in [3.05, 3.63) is 27.7 Å². The fourth-order valence-electron chi connectivity index (χ4n) is 1.17. The van der Waals surface area contributed by atoms with Gasteiger partial charge in [-0.2, -0.15) is 13.2 Å². The Morgan fingerprint density at radius 2 is 1.85 bits per heavy atom. The highest BCUT2D eigenvalue weighted by Gasteiger charge is 2.31. The second-order valence-corrected chi connectivity index (χ2v) is 6.06. The van der Waals surface area contributed by atoms with Gasteiger partial charge >= 0.3 is 12.1 Å². The lowest BCUT2D eigenvalue weighted by Crippen LogP contribution is -2.34. The number of nitrogens with one attached hydrogen (secondary N) is 1. The molecule has 0 heterocycles. The predicted octanol–water partition coefficient (Wildman–Crippen LogP) is 2.53. The van der Waals surface area contributed by atoms with E-state index in [1.807, 2.05) is 0 Å². The summed E-state index contributed by atoms with van der Waals surface area (Å²) in [6, 6.07) is 1.64.